The molecule has 0 saturated heterocycles. The van der Waals surface area contributed by atoms with E-state index in [1.165, 1.54) is 18.3 Å². The van der Waals surface area contributed by atoms with Crippen LogP contribution in [0, 0.1) is 11.3 Å². The molecule has 1 N–H and O–H groups in total. The van der Waals surface area contributed by atoms with E-state index in [0.29, 0.717) is 10.6 Å². The van der Waals surface area contributed by atoms with Crippen molar-refractivity contribution in [3.05, 3.63) is 23.2 Å². The molecule has 0 aliphatic carbocycles. The van der Waals surface area contributed by atoms with Crippen LogP contribution in [0.2, 0.25) is 0 Å². The van der Waals surface area contributed by atoms with Crippen molar-refractivity contribution < 1.29 is 4.79 Å². The van der Waals surface area contributed by atoms with Gasteiger partial charge in [-0.3, -0.25) is 4.79 Å². The summed E-state index contributed by atoms with van der Waals surface area (Å²) in [6.07, 6.45) is 1.66. The van der Waals surface area contributed by atoms with Crippen LogP contribution in [-0.4, -0.2) is 10.9 Å². The molecule has 0 aromatic carbocycles. The van der Waals surface area contributed by atoms with Crippen LogP contribution in [0.25, 0.3) is 10.2 Å². The van der Waals surface area contributed by atoms with E-state index in [2.05, 4.69) is 16.4 Å². The third kappa shape index (κ3) is 1.67. The van der Waals surface area contributed by atoms with Crippen LogP contribution in [0.5, 0.6) is 0 Å². The van der Waals surface area contributed by atoms with Gasteiger partial charge in [0.05, 0.1) is 5.69 Å². The van der Waals surface area contributed by atoms with Crippen molar-refractivity contribution in [1.82, 2.24) is 4.98 Å². The molecule has 0 fully saturated rings. The van der Waals surface area contributed by atoms with Crippen molar-refractivity contribution in [2.75, 3.05) is 5.32 Å². The average Bonchev–Trinajstić information content (AvgIpc) is 2.56. The van der Waals surface area contributed by atoms with E-state index in [0.717, 1.165) is 10.2 Å². The molecule has 0 saturated carbocycles. The molecular weight excluding hydrogens is 210 g/mol. The summed E-state index contributed by atoms with van der Waals surface area (Å²) in [6.45, 7) is 1.42. The van der Waals surface area contributed by atoms with Crippen LogP contribution in [0.1, 0.15) is 11.8 Å². The Hall–Kier alpha value is -1.93. The van der Waals surface area contributed by atoms with Gasteiger partial charge < -0.3 is 5.32 Å². The van der Waals surface area contributed by atoms with E-state index in [1.54, 1.807) is 12.3 Å². The number of rotatable bonds is 1. The van der Waals surface area contributed by atoms with Crippen molar-refractivity contribution in [2.45, 2.75) is 6.92 Å². The average molecular weight is 217 g/mol. The summed E-state index contributed by atoms with van der Waals surface area (Å²) < 4.78 is 0. The van der Waals surface area contributed by atoms with Crippen molar-refractivity contribution >= 4 is 33.1 Å². The number of hydrogen-bond donors (Lipinski definition) is 1. The highest BCUT2D eigenvalue weighted by Gasteiger charge is 2.12. The molecule has 1 amide bonds. The zero-order valence-electron chi connectivity index (χ0n) is 7.94. The van der Waals surface area contributed by atoms with Crippen LogP contribution in [0.4, 0.5) is 5.69 Å². The number of nitriles is 1. The van der Waals surface area contributed by atoms with E-state index in [1.807, 2.05) is 6.07 Å². The van der Waals surface area contributed by atoms with Crippen LogP contribution < -0.4 is 5.32 Å². The molecule has 74 valence electrons. The Bertz CT molecular complexity index is 568. The summed E-state index contributed by atoms with van der Waals surface area (Å²) in [5.74, 6) is -0.185. The maximum atomic E-state index is 11.0. The molecule has 0 bridgehead atoms. The minimum absolute atomic E-state index is 0.185. The predicted molar refractivity (Wildman–Crippen MR) is 58.6 cm³/mol. The summed E-state index contributed by atoms with van der Waals surface area (Å²) >= 11 is 1.28. The third-order valence-corrected chi connectivity index (χ3v) is 2.89. The number of hydrogen-bond acceptors (Lipinski definition) is 4. The topological polar surface area (TPSA) is 65.8 Å². The van der Waals surface area contributed by atoms with Gasteiger partial charge in [-0.05, 0) is 12.1 Å². The second kappa shape index (κ2) is 3.67. The molecule has 2 aromatic rings. The van der Waals surface area contributed by atoms with Gasteiger partial charge in [0.2, 0.25) is 5.91 Å². The number of fused-ring (bicyclic) bond motifs is 1. The number of nitrogens with zero attached hydrogens (tertiary/aromatic N) is 2. The quantitative estimate of drug-likeness (QED) is 0.795. The van der Waals surface area contributed by atoms with Crippen molar-refractivity contribution in [2.24, 2.45) is 0 Å². The first kappa shape index (κ1) is 9.62. The first-order valence-corrected chi connectivity index (χ1v) is 5.09. The van der Waals surface area contributed by atoms with Crippen LogP contribution >= 0.6 is 11.3 Å². The van der Waals surface area contributed by atoms with E-state index >= 15 is 0 Å². The zero-order valence-corrected chi connectivity index (χ0v) is 8.76. The second-order valence-corrected chi connectivity index (χ2v) is 3.95. The summed E-state index contributed by atoms with van der Waals surface area (Å²) in [7, 11) is 0. The van der Waals surface area contributed by atoms with Crippen molar-refractivity contribution in [3.8, 4) is 6.07 Å². The lowest BCUT2D eigenvalue weighted by molar-refractivity contribution is -0.114. The summed E-state index contributed by atoms with van der Waals surface area (Å²) in [6, 6.07) is 5.67. The van der Waals surface area contributed by atoms with E-state index in [4.69, 9.17) is 5.26 Å². The number of carbonyl (C=O) groups is 1. The van der Waals surface area contributed by atoms with Crippen LogP contribution in [0.3, 0.4) is 0 Å². The normalized spacial score (nSPS) is 9.87. The Labute approximate surface area is 90.2 Å². The van der Waals surface area contributed by atoms with E-state index < -0.39 is 0 Å². The van der Waals surface area contributed by atoms with Crippen LogP contribution in [0.15, 0.2) is 18.3 Å². The Morgan fingerprint density at radius 1 is 1.67 bits per heavy atom. The van der Waals surface area contributed by atoms with Crippen molar-refractivity contribution in [1.29, 1.82) is 5.26 Å². The molecule has 0 radical (unpaired) electrons. The Kier molecular flexibility index (Phi) is 2.35. The van der Waals surface area contributed by atoms with Gasteiger partial charge in [-0.15, -0.1) is 11.3 Å². The number of nitrogens with one attached hydrogen (secondary N) is 1. The zero-order chi connectivity index (χ0) is 10.8. The fourth-order valence-corrected chi connectivity index (χ4v) is 2.21. The number of pyridine rings is 1. The number of thiophene rings is 1. The molecule has 5 heteroatoms. The van der Waals surface area contributed by atoms with E-state index in [-0.39, 0.29) is 5.91 Å². The molecule has 2 rings (SSSR count). The lowest BCUT2D eigenvalue weighted by Gasteiger charge is -1.99. The van der Waals surface area contributed by atoms with Gasteiger partial charge in [-0.25, -0.2) is 4.98 Å². The maximum absolute atomic E-state index is 11.0. The Morgan fingerprint density at radius 3 is 3.13 bits per heavy atom. The first-order valence-electron chi connectivity index (χ1n) is 4.27. The third-order valence-electron chi connectivity index (χ3n) is 1.87. The second-order valence-electron chi connectivity index (χ2n) is 2.96. The molecule has 0 aliphatic heterocycles. The molecule has 2 heterocycles. The first-order chi connectivity index (χ1) is 7.22. The lowest BCUT2D eigenvalue weighted by atomic mass is 10.2. The SMILES string of the molecule is CC(=O)Nc1c(C#N)sc2ncccc12. The van der Waals surface area contributed by atoms with Crippen LogP contribution in [-0.2, 0) is 4.79 Å². The molecule has 15 heavy (non-hydrogen) atoms. The number of carbonyl (C=O) groups excluding carboxylic acids is 1. The van der Waals surface area contributed by atoms with Gasteiger partial charge in [0.1, 0.15) is 15.8 Å². The minimum Gasteiger partial charge on any atom is -0.324 e. The fourth-order valence-electron chi connectivity index (χ4n) is 1.31. The number of amides is 1. The van der Waals surface area contributed by atoms with Gasteiger partial charge in [-0.2, -0.15) is 5.26 Å². The Morgan fingerprint density at radius 2 is 2.47 bits per heavy atom. The highest BCUT2D eigenvalue weighted by molar-refractivity contribution is 7.19. The smallest absolute Gasteiger partial charge is 0.221 e. The maximum Gasteiger partial charge on any atom is 0.221 e. The Balaban J connectivity index is 2.68. The van der Waals surface area contributed by atoms with E-state index in [9.17, 15) is 4.79 Å². The van der Waals surface area contributed by atoms with Gasteiger partial charge in [-0.1, -0.05) is 0 Å². The molecule has 2 aromatic heterocycles. The molecule has 0 unspecified atom stereocenters. The number of anilines is 1. The molecule has 4 nitrogen and oxygen atoms in total. The monoisotopic (exact) mass is 217 g/mol. The summed E-state index contributed by atoms with van der Waals surface area (Å²) in [5.41, 5.74) is 0.568. The summed E-state index contributed by atoms with van der Waals surface area (Å²) in [5, 5.41) is 12.4. The largest absolute Gasteiger partial charge is 0.324 e. The summed E-state index contributed by atoms with van der Waals surface area (Å²) in [4.78, 5) is 16.4. The molecule has 0 aliphatic rings. The molecular formula is C10H7N3OS. The van der Waals surface area contributed by atoms with Gasteiger partial charge in [0.25, 0.3) is 0 Å². The van der Waals surface area contributed by atoms with Gasteiger partial charge in [0.15, 0.2) is 0 Å². The lowest BCUT2D eigenvalue weighted by Crippen LogP contribution is -2.06. The van der Waals surface area contributed by atoms with Gasteiger partial charge >= 0.3 is 0 Å². The standard InChI is InChI=1S/C10H7N3OS/c1-6(14)13-9-7-3-2-4-12-10(7)15-8(9)5-11/h2-4H,1H3,(H,13,14). The molecule has 0 spiro atoms. The fraction of sp³-hybridized carbons (Fsp3) is 0.100. The van der Waals surface area contributed by atoms with Crippen molar-refractivity contribution in [3.63, 3.8) is 0 Å². The minimum atomic E-state index is -0.185. The highest BCUT2D eigenvalue weighted by Crippen LogP contribution is 2.33. The predicted octanol–water partition coefficient (Wildman–Crippen LogP) is 2.13. The number of aromatic nitrogens is 1. The highest BCUT2D eigenvalue weighted by atomic mass is 32.1. The molecule has 0 atom stereocenters. The van der Waals surface area contributed by atoms with Gasteiger partial charge in [0, 0.05) is 18.5 Å².